The number of fused-ring (bicyclic) bond motifs is 1. The Kier molecular flexibility index (Phi) is 4.32. The van der Waals surface area contributed by atoms with Crippen molar-refractivity contribution in [1.29, 1.82) is 0 Å². The van der Waals surface area contributed by atoms with Crippen LogP contribution in [0.2, 0.25) is 0 Å². The standard InChI is InChI=1S/C19H28N2/c1-4-5-6-15-7-9-16(10-8-15)19-20-17-12-13(2)11-14(3)18(17)21-19/h11-12,15-16H,4-10H2,1-3H3,(H,20,21). The van der Waals surface area contributed by atoms with E-state index in [1.165, 1.54) is 72.9 Å². The Labute approximate surface area is 128 Å². The van der Waals surface area contributed by atoms with Gasteiger partial charge >= 0.3 is 0 Å². The SMILES string of the molecule is CCCCC1CCC(c2nc3c(C)cc(C)cc3[nH]2)CC1. The third kappa shape index (κ3) is 3.14. The maximum atomic E-state index is 4.91. The maximum absolute atomic E-state index is 4.91. The van der Waals surface area contributed by atoms with Crippen LogP contribution in [-0.2, 0) is 0 Å². The molecule has 1 heterocycles. The van der Waals surface area contributed by atoms with E-state index in [1.54, 1.807) is 0 Å². The monoisotopic (exact) mass is 284 g/mol. The molecule has 1 aromatic carbocycles. The zero-order valence-electron chi connectivity index (χ0n) is 13.7. The fourth-order valence-corrected chi connectivity index (χ4v) is 3.90. The Morgan fingerprint density at radius 2 is 1.90 bits per heavy atom. The van der Waals surface area contributed by atoms with Gasteiger partial charge in [0.05, 0.1) is 11.0 Å². The van der Waals surface area contributed by atoms with Crippen LogP contribution in [0.3, 0.4) is 0 Å². The van der Waals surface area contributed by atoms with E-state index in [0.29, 0.717) is 5.92 Å². The second-order valence-corrected chi connectivity index (χ2v) is 6.96. The minimum absolute atomic E-state index is 0.648. The summed E-state index contributed by atoms with van der Waals surface area (Å²) in [6, 6.07) is 4.46. The Morgan fingerprint density at radius 3 is 2.62 bits per heavy atom. The van der Waals surface area contributed by atoms with Gasteiger partial charge in [-0.3, -0.25) is 0 Å². The molecule has 2 heteroatoms. The molecule has 1 saturated carbocycles. The summed E-state index contributed by atoms with van der Waals surface area (Å²) in [7, 11) is 0. The molecule has 0 amide bonds. The summed E-state index contributed by atoms with van der Waals surface area (Å²) in [5.41, 5.74) is 5.00. The van der Waals surface area contributed by atoms with E-state index in [1.807, 2.05) is 0 Å². The largest absolute Gasteiger partial charge is 0.342 e. The molecule has 2 aromatic rings. The van der Waals surface area contributed by atoms with E-state index in [2.05, 4.69) is 37.9 Å². The number of nitrogens with zero attached hydrogens (tertiary/aromatic N) is 1. The molecule has 0 spiro atoms. The van der Waals surface area contributed by atoms with Crippen LogP contribution in [0.5, 0.6) is 0 Å². The predicted octanol–water partition coefficient (Wildman–Crippen LogP) is 5.64. The van der Waals surface area contributed by atoms with E-state index in [4.69, 9.17) is 4.98 Å². The van der Waals surface area contributed by atoms with Crippen molar-refractivity contribution in [2.24, 2.45) is 5.92 Å². The van der Waals surface area contributed by atoms with Gasteiger partial charge in [0.2, 0.25) is 0 Å². The third-order valence-electron chi connectivity index (χ3n) is 5.14. The molecule has 0 radical (unpaired) electrons. The van der Waals surface area contributed by atoms with Gasteiger partial charge in [-0.15, -0.1) is 0 Å². The van der Waals surface area contributed by atoms with Crippen molar-refractivity contribution in [3.05, 3.63) is 29.1 Å². The number of H-pyrrole nitrogens is 1. The molecule has 3 rings (SSSR count). The molecule has 1 aliphatic rings. The Morgan fingerprint density at radius 1 is 1.14 bits per heavy atom. The van der Waals surface area contributed by atoms with E-state index in [0.717, 1.165) is 5.92 Å². The van der Waals surface area contributed by atoms with Crippen molar-refractivity contribution < 1.29 is 0 Å². The second-order valence-electron chi connectivity index (χ2n) is 6.96. The van der Waals surface area contributed by atoms with E-state index < -0.39 is 0 Å². The van der Waals surface area contributed by atoms with Crippen LogP contribution in [0.1, 0.15) is 74.7 Å². The highest BCUT2D eigenvalue weighted by molar-refractivity contribution is 5.79. The summed E-state index contributed by atoms with van der Waals surface area (Å²) in [4.78, 5) is 8.50. The Bertz CT molecular complexity index is 603. The number of aromatic amines is 1. The number of unbranched alkanes of at least 4 members (excludes halogenated alkanes) is 1. The molecule has 0 bridgehead atoms. The van der Waals surface area contributed by atoms with Crippen molar-refractivity contribution in [2.45, 2.75) is 71.6 Å². The number of hydrogen-bond acceptors (Lipinski definition) is 1. The van der Waals surface area contributed by atoms with Crippen molar-refractivity contribution in [3.63, 3.8) is 0 Å². The smallest absolute Gasteiger partial charge is 0.110 e. The zero-order valence-corrected chi connectivity index (χ0v) is 13.7. The van der Waals surface area contributed by atoms with Crippen LogP contribution in [0, 0.1) is 19.8 Å². The van der Waals surface area contributed by atoms with Crippen LogP contribution in [0.4, 0.5) is 0 Å². The van der Waals surface area contributed by atoms with Crippen molar-refractivity contribution in [2.75, 3.05) is 0 Å². The van der Waals surface area contributed by atoms with Gasteiger partial charge in [-0.25, -0.2) is 4.98 Å². The van der Waals surface area contributed by atoms with Crippen LogP contribution in [-0.4, -0.2) is 9.97 Å². The summed E-state index contributed by atoms with van der Waals surface area (Å²) in [6.07, 6.45) is 9.57. The van der Waals surface area contributed by atoms with Crippen LogP contribution < -0.4 is 0 Å². The summed E-state index contributed by atoms with van der Waals surface area (Å²) < 4.78 is 0. The number of benzene rings is 1. The van der Waals surface area contributed by atoms with Gasteiger partial charge in [-0.05, 0) is 62.6 Å². The maximum Gasteiger partial charge on any atom is 0.110 e. The average molecular weight is 284 g/mol. The van der Waals surface area contributed by atoms with E-state index in [-0.39, 0.29) is 0 Å². The third-order valence-corrected chi connectivity index (χ3v) is 5.14. The first-order valence-electron chi connectivity index (χ1n) is 8.64. The molecule has 0 aliphatic heterocycles. The second kappa shape index (κ2) is 6.21. The van der Waals surface area contributed by atoms with Gasteiger partial charge in [-0.2, -0.15) is 0 Å². The van der Waals surface area contributed by atoms with E-state index in [9.17, 15) is 0 Å². The fourth-order valence-electron chi connectivity index (χ4n) is 3.90. The summed E-state index contributed by atoms with van der Waals surface area (Å²) >= 11 is 0. The predicted molar refractivity (Wildman–Crippen MR) is 89.8 cm³/mol. The minimum Gasteiger partial charge on any atom is -0.342 e. The molecule has 21 heavy (non-hydrogen) atoms. The van der Waals surface area contributed by atoms with Crippen molar-refractivity contribution in [3.8, 4) is 0 Å². The first kappa shape index (κ1) is 14.6. The highest BCUT2D eigenvalue weighted by Crippen LogP contribution is 2.37. The summed E-state index contributed by atoms with van der Waals surface area (Å²) in [6.45, 7) is 6.62. The lowest BCUT2D eigenvalue weighted by atomic mass is 9.79. The Balaban J connectivity index is 1.72. The molecule has 1 aliphatic carbocycles. The highest BCUT2D eigenvalue weighted by Gasteiger charge is 2.24. The minimum atomic E-state index is 0.648. The molecule has 1 N–H and O–H groups in total. The fraction of sp³-hybridized carbons (Fsp3) is 0.632. The molecule has 0 unspecified atom stereocenters. The lowest BCUT2D eigenvalue weighted by Gasteiger charge is -2.27. The topological polar surface area (TPSA) is 28.7 Å². The van der Waals surface area contributed by atoms with Crippen LogP contribution in [0.15, 0.2) is 12.1 Å². The average Bonchev–Trinajstić information content (AvgIpc) is 2.90. The number of hydrogen-bond donors (Lipinski definition) is 1. The van der Waals surface area contributed by atoms with Gasteiger partial charge in [0.15, 0.2) is 0 Å². The molecular weight excluding hydrogens is 256 g/mol. The van der Waals surface area contributed by atoms with Crippen LogP contribution in [0.25, 0.3) is 11.0 Å². The van der Waals surface area contributed by atoms with Crippen molar-refractivity contribution in [1.82, 2.24) is 9.97 Å². The number of aryl methyl sites for hydroxylation is 2. The number of aromatic nitrogens is 2. The van der Waals surface area contributed by atoms with E-state index >= 15 is 0 Å². The molecule has 0 saturated heterocycles. The van der Waals surface area contributed by atoms with Gasteiger partial charge in [0.25, 0.3) is 0 Å². The van der Waals surface area contributed by atoms with Gasteiger partial charge in [0.1, 0.15) is 5.82 Å². The molecule has 0 atom stereocenters. The van der Waals surface area contributed by atoms with Gasteiger partial charge in [0, 0.05) is 5.92 Å². The molecule has 114 valence electrons. The van der Waals surface area contributed by atoms with Crippen molar-refractivity contribution >= 4 is 11.0 Å². The highest BCUT2D eigenvalue weighted by atomic mass is 14.9. The zero-order chi connectivity index (χ0) is 14.8. The first-order chi connectivity index (χ1) is 10.2. The molecule has 2 nitrogen and oxygen atoms in total. The normalized spacial score (nSPS) is 22.8. The molecule has 1 fully saturated rings. The lowest BCUT2D eigenvalue weighted by Crippen LogP contribution is -2.14. The molecule has 1 aromatic heterocycles. The summed E-state index contributed by atoms with van der Waals surface area (Å²) in [5, 5.41) is 0. The number of imidazole rings is 1. The number of rotatable bonds is 4. The van der Waals surface area contributed by atoms with Gasteiger partial charge in [-0.1, -0.05) is 32.3 Å². The quantitative estimate of drug-likeness (QED) is 0.772. The van der Waals surface area contributed by atoms with Crippen LogP contribution >= 0.6 is 0 Å². The number of nitrogens with one attached hydrogen (secondary N) is 1. The summed E-state index contributed by atoms with van der Waals surface area (Å²) in [5.74, 6) is 2.84. The molecular formula is C19H28N2. The van der Waals surface area contributed by atoms with Gasteiger partial charge < -0.3 is 4.98 Å². The lowest BCUT2D eigenvalue weighted by molar-refractivity contribution is 0.299. The first-order valence-corrected chi connectivity index (χ1v) is 8.64. The Hall–Kier alpha value is -1.31.